The molecule has 110 valence electrons. The maximum absolute atomic E-state index is 6.35. The second kappa shape index (κ2) is 6.80. The van der Waals surface area contributed by atoms with Crippen LogP contribution in [0.2, 0.25) is 0 Å². The highest BCUT2D eigenvalue weighted by Crippen LogP contribution is 2.25. The number of hydrogen-bond acceptors (Lipinski definition) is 5. The van der Waals surface area contributed by atoms with Crippen LogP contribution in [0.15, 0.2) is 16.0 Å². The lowest BCUT2D eigenvalue weighted by atomic mass is 10.1. The van der Waals surface area contributed by atoms with Crippen molar-refractivity contribution in [3.05, 3.63) is 32.4 Å². The molecule has 5 nitrogen and oxygen atoms in total. The maximum Gasteiger partial charge on any atom is 0.0947 e. The van der Waals surface area contributed by atoms with Crippen molar-refractivity contribution in [2.75, 3.05) is 20.6 Å². The Morgan fingerprint density at radius 2 is 2.25 bits per heavy atom. The topological polar surface area (TPSA) is 60.0 Å². The Kier molecular flexibility index (Phi) is 5.31. The monoisotopic (exact) mass is 357 g/mol. The minimum Gasteiger partial charge on any atom is -0.322 e. The summed E-state index contributed by atoms with van der Waals surface area (Å²) in [5, 5.41) is 7.53. The molecule has 0 aliphatic heterocycles. The first-order valence-corrected chi connectivity index (χ1v) is 8.17. The molecule has 0 bridgehead atoms. The van der Waals surface area contributed by atoms with E-state index in [-0.39, 0.29) is 6.04 Å². The maximum atomic E-state index is 6.35. The van der Waals surface area contributed by atoms with Gasteiger partial charge in [0.15, 0.2) is 0 Å². The zero-order valence-electron chi connectivity index (χ0n) is 12.0. The molecule has 0 saturated heterocycles. The molecule has 2 heterocycles. The van der Waals surface area contributed by atoms with Crippen molar-refractivity contribution < 1.29 is 0 Å². The highest BCUT2D eigenvalue weighted by atomic mass is 79.9. The highest BCUT2D eigenvalue weighted by molar-refractivity contribution is 9.10. The highest BCUT2D eigenvalue weighted by Gasteiger charge is 2.18. The Labute approximate surface area is 131 Å². The quantitative estimate of drug-likeness (QED) is 0.860. The number of thiazole rings is 1. The Hall–Kier alpha value is -0.760. The number of nitrogens with zero attached hydrogens (tertiary/aromatic N) is 4. The van der Waals surface area contributed by atoms with Gasteiger partial charge in [-0.15, -0.1) is 11.3 Å². The lowest BCUT2D eigenvalue weighted by Crippen LogP contribution is -2.24. The minimum absolute atomic E-state index is 0.0976. The van der Waals surface area contributed by atoms with E-state index in [1.165, 1.54) is 0 Å². The van der Waals surface area contributed by atoms with Crippen LogP contribution in [-0.4, -0.2) is 40.3 Å². The van der Waals surface area contributed by atoms with Gasteiger partial charge in [0.25, 0.3) is 0 Å². The average molecular weight is 358 g/mol. The van der Waals surface area contributed by atoms with Crippen LogP contribution in [0.1, 0.15) is 22.4 Å². The fourth-order valence-corrected chi connectivity index (χ4v) is 3.42. The summed E-state index contributed by atoms with van der Waals surface area (Å²) in [5.41, 5.74) is 8.45. The molecule has 2 aromatic rings. The van der Waals surface area contributed by atoms with Crippen molar-refractivity contribution in [2.45, 2.75) is 25.9 Å². The van der Waals surface area contributed by atoms with E-state index in [9.17, 15) is 0 Å². The summed E-state index contributed by atoms with van der Waals surface area (Å²) in [6, 6.07) is -0.0976. The molecule has 2 N–H and O–H groups in total. The van der Waals surface area contributed by atoms with Gasteiger partial charge in [-0.1, -0.05) is 0 Å². The van der Waals surface area contributed by atoms with Crippen molar-refractivity contribution in [3.8, 4) is 0 Å². The SMILES string of the molecule is Cc1csc(CC(N)c2c(Br)cnn2CCN(C)C)n1. The number of hydrogen-bond donors (Lipinski definition) is 1. The van der Waals surface area contributed by atoms with Crippen molar-refractivity contribution in [1.82, 2.24) is 19.7 Å². The van der Waals surface area contributed by atoms with Gasteiger partial charge in [0.2, 0.25) is 0 Å². The Balaban J connectivity index is 2.12. The molecule has 0 aromatic carbocycles. The van der Waals surface area contributed by atoms with E-state index >= 15 is 0 Å². The average Bonchev–Trinajstić information content (AvgIpc) is 2.93. The number of aryl methyl sites for hydroxylation is 1. The molecule has 0 amide bonds. The number of likely N-dealkylation sites (N-methyl/N-ethyl adjacent to an activating group) is 1. The minimum atomic E-state index is -0.0976. The summed E-state index contributed by atoms with van der Waals surface area (Å²) in [6.45, 7) is 3.77. The first kappa shape index (κ1) is 15.6. The lowest BCUT2D eigenvalue weighted by Gasteiger charge is -2.16. The smallest absolute Gasteiger partial charge is 0.0947 e. The van der Waals surface area contributed by atoms with Crippen LogP contribution in [0, 0.1) is 6.92 Å². The van der Waals surface area contributed by atoms with Crippen molar-refractivity contribution in [2.24, 2.45) is 5.73 Å². The number of halogens is 1. The van der Waals surface area contributed by atoms with Gasteiger partial charge in [-0.25, -0.2) is 4.98 Å². The Morgan fingerprint density at radius 1 is 1.50 bits per heavy atom. The van der Waals surface area contributed by atoms with Crippen molar-refractivity contribution >= 4 is 27.3 Å². The molecule has 20 heavy (non-hydrogen) atoms. The van der Waals surface area contributed by atoms with E-state index < -0.39 is 0 Å². The van der Waals surface area contributed by atoms with Gasteiger partial charge in [-0.3, -0.25) is 4.68 Å². The van der Waals surface area contributed by atoms with Gasteiger partial charge in [-0.2, -0.15) is 5.10 Å². The van der Waals surface area contributed by atoms with Crippen molar-refractivity contribution in [3.63, 3.8) is 0 Å². The molecular formula is C13H20BrN5S. The predicted octanol–water partition coefficient (Wildman–Crippen LogP) is 2.21. The third-order valence-electron chi connectivity index (χ3n) is 3.00. The summed E-state index contributed by atoms with van der Waals surface area (Å²) < 4.78 is 2.95. The molecule has 7 heteroatoms. The third-order valence-corrected chi connectivity index (χ3v) is 4.60. The van der Waals surface area contributed by atoms with Gasteiger partial charge in [-0.05, 0) is 36.9 Å². The first-order valence-electron chi connectivity index (χ1n) is 6.50. The summed E-state index contributed by atoms with van der Waals surface area (Å²) in [7, 11) is 4.10. The van der Waals surface area contributed by atoms with Crippen molar-refractivity contribution in [1.29, 1.82) is 0 Å². The van der Waals surface area contributed by atoms with Gasteiger partial charge in [0.05, 0.1) is 34.0 Å². The van der Waals surface area contributed by atoms with Crippen LogP contribution in [0.4, 0.5) is 0 Å². The van der Waals surface area contributed by atoms with Crippen LogP contribution in [0.5, 0.6) is 0 Å². The Bertz CT molecular complexity index is 563. The standard InChI is InChI=1S/C13H20BrN5S/c1-9-8-20-12(17-9)6-11(15)13-10(14)7-16-19(13)5-4-18(2)3/h7-8,11H,4-6,15H2,1-3H3. The summed E-state index contributed by atoms with van der Waals surface area (Å²) in [6.07, 6.45) is 2.56. The molecule has 0 aliphatic carbocycles. The van der Waals surface area contributed by atoms with Crippen LogP contribution in [0.3, 0.4) is 0 Å². The van der Waals surface area contributed by atoms with E-state index in [1.54, 1.807) is 11.3 Å². The molecule has 2 aromatic heterocycles. The zero-order chi connectivity index (χ0) is 14.7. The molecule has 1 atom stereocenters. The van der Waals surface area contributed by atoms with E-state index in [2.05, 4.69) is 50.4 Å². The largest absolute Gasteiger partial charge is 0.322 e. The zero-order valence-corrected chi connectivity index (χ0v) is 14.4. The molecular weight excluding hydrogens is 338 g/mol. The molecule has 0 aliphatic rings. The molecule has 0 fully saturated rings. The van der Waals surface area contributed by atoms with Crippen LogP contribution < -0.4 is 5.73 Å². The van der Waals surface area contributed by atoms with Gasteiger partial charge in [0.1, 0.15) is 0 Å². The first-order chi connectivity index (χ1) is 9.47. The number of aromatic nitrogens is 3. The van der Waals surface area contributed by atoms with Gasteiger partial charge in [0, 0.05) is 24.0 Å². The molecule has 0 radical (unpaired) electrons. The van der Waals surface area contributed by atoms with E-state index in [1.807, 2.05) is 17.8 Å². The van der Waals surface area contributed by atoms with Crippen LogP contribution in [-0.2, 0) is 13.0 Å². The Morgan fingerprint density at radius 3 is 2.85 bits per heavy atom. The lowest BCUT2D eigenvalue weighted by molar-refractivity contribution is 0.366. The second-order valence-corrected chi connectivity index (χ2v) is 6.89. The third kappa shape index (κ3) is 3.88. The molecule has 1 unspecified atom stereocenters. The molecule has 0 spiro atoms. The number of rotatable bonds is 6. The second-order valence-electron chi connectivity index (χ2n) is 5.10. The van der Waals surface area contributed by atoms with E-state index in [0.717, 1.165) is 40.4 Å². The normalized spacial score (nSPS) is 13.1. The summed E-state index contributed by atoms with van der Waals surface area (Å²) in [4.78, 5) is 6.61. The fraction of sp³-hybridized carbons (Fsp3) is 0.538. The molecule has 0 saturated carbocycles. The summed E-state index contributed by atoms with van der Waals surface area (Å²) in [5.74, 6) is 0. The van der Waals surface area contributed by atoms with Gasteiger partial charge < -0.3 is 10.6 Å². The number of nitrogens with two attached hydrogens (primary N) is 1. The van der Waals surface area contributed by atoms with Gasteiger partial charge >= 0.3 is 0 Å². The van der Waals surface area contributed by atoms with E-state index in [4.69, 9.17) is 5.73 Å². The fourth-order valence-electron chi connectivity index (χ4n) is 1.99. The van der Waals surface area contributed by atoms with E-state index in [0.29, 0.717) is 0 Å². The summed E-state index contributed by atoms with van der Waals surface area (Å²) >= 11 is 5.21. The van der Waals surface area contributed by atoms with Crippen LogP contribution >= 0.6 is 27.3 Å². The predicted molar refractivity (Wildman–Crippen MR) is 86.0 cm³/mol. The molecule has 2 rings (SSSR count). The van der Waals surface area contributed by atoms with Crippen LogP contribution in [0.25, 0.3) is 0 Å².